The molecule has 1 aromatic carbocycles. The molecule has 2 heteroatoms. The molecule has 0 fully saturated rings. The highest BCUT2D eigenvalue weighted by molar-refractivity contribution is 5.29. The molecule has 0 aliphatic heterocycles. The number of hydrogen-bond donors (Lipinski definition) is 1. The first kappa shape index (κ1) is 15.0. The van der Waals surface area contributed by atoms with E-state index in [9.17, 15) is 0 Å². The normalized spacial score (nSPS) is 14.2. The number of nitrogens with one attached hydrogen (secondary N) is 1. The van der Waals surface area contributed by atoms with E-state index in [1.807, 2.05) is 6.92 Å². The van der Waals surface area contributed by atoms with E-state index in [1.54, 1.807) is 0 Å². The first-order valence-corrected chi connectivity index (χ1v) is 7.19. The fourth-order valence-corrected chi connectivity index (χ4v) is 2.43. The molecule has 1 aromatic rings. The minimum atomic E-state index is 0.450. The molecular formula is C16H27NO. The molecule has 1 rings (SSSR count). The van der Waals surface area contributed by atoms with Gasteiger partial charge in [0, 0.05) is 6.04 Å². The van der Waals surface area contributed by atoms with Crippen LogP contribution in [0.3, 0.4) is 0 Å². The van der Waals surface area contributed by atoms with Gasteiger partial charge in [0.1, 0.15) is 5.75 Å². The molecule has 2 nitrogen and oxygen atoms in total. The van der Waals surface area contributed by atoms with Gasteiger partial charge in [-0.2, -0.15) is 0 Å². The van der Waals surface area contributed by atoms with E-state index in [1.165, 1.54) is 18.4 Å². The molecule has 102 valence electrons. The first-order valence-electron chi connectivity index (χ1n) is 7.19. The predicted molar refractivity (Wildman–Crippen MR) is 78.1 cm³/mol. The largest absolute Gasteiger partial charge is 0.494 e. The molecule has 0 aliphatic carbocycles. The van der Waals surface area contributed by atoms with Crippen LogP contribution >= 0.6 is 0 Å². The lowest BCUT2D eigenvalue weighted by molar-refractivity contribution is 0.339. The maximum atomic E-state index is 5.49. The van der Waals surface area contributed by atoms with Crippen molar-refractivity contribution < 1.29 is 4.74 Å². The SMILES string of the molecule is CCCC(C)C(NCC)c1ccc(OCC)cc1. The quantitative estimate of drug-likeness (QED) is 0.746. The molecule has 0 aliphatic rings. The number of benzene rings is 1. The third-order valence-corrected chi connectivity index (χ3v) is 3.29. The number of ether oxygens (including phenoxy) is 1. The highest BCUT2D eigenvalue weighted by Gasteiger charge is 2.17. The van der Waals surface area contributed by atoms with Gasteiger partial charge in [-0.25, -0.2) is 0 Å². The Bertz CT molecular complexity index is 320. The highest BCUT2D eigenvalue weighted by Crippen LogP contribution is 2.27. The van der Waals surface area contributed by atoms with Crippen LogP contribution in [0.1, 0.15) is 52.1 Å². The zero-order valence-corrected chi connectivity index (χ0v) is 12.2. The van der Waals surface area contributed by atoms with Crippen LogP contribution in [0.15, 0.2) is 24.3 Å². The van der Waals surface area contributed by atoms with Gasteiger partial charge >= 0.3 is 0 Å². The summed E-state index contributed by atoms with van der Waals surface area (Å²) in [5, 5.41) is 3.59. The highest BCUT2D eigenvalue weighted by atomic mass is 16.5. The Morgan fingerprint density at radius 3 is 2.28 bits per heavy atom. The van der Waals surface area contributed by atoms with Crippen molar-refractivity contribution in [2.24, 2.45) is 5.92 Å². The van der Waals surface area contributed by atoms with Gasteiger partial charge in [-0.15, -0.1) is 0 Å². The van der Waals surface area contributed by atoms with Crippen LogP contribution in [0.2, 0.25) is 0 Å². The van der Waals surface area contributed by atoms with Crippen LogP contribution in [-0.4, -0.2) is 13.2 Å². The van der Waals surface area contributed by atoms with E-state index in [0.717, 1.165) is 18.9 Å². The lowest BCUT2D eigenvalue weighted by Crippen LogP contribution is -2.26. The fraction of sp³-hybridized carbons (Fsp3) is 0.625. The van der Waals surface area contributed by atoms with Crippen molar-refractivity contribution >= 4 is 0 Å². The summed E-state index contributed by atoms with van der Waals surface area (Å²) in [6.45, 7) is 10.5. The van der Waals surface area contributed by atoms with Gasteiger partial charge in [-0.3, -0.25) is 0 Å². The van der Waals surface area contributed by atoms with Crippen molar-refractivity contribution in [3.8, 4) is 5.75 Å². The van der Waals surface area contributed by atoms with Crippen molar-refractivity contribution in [1.29, 1.82) is 0 Å². The molecule has 0 amide bonds. The molecule has 2 atom stereocenters. The van der Waals surface area contributed by atoms with E-state index in [0.29, 0.717) is 12.0 Å². The van der Waals surface area contributed by atoms with Crippen molar-refractivity contribution in [1.82, 2.24) is 5.32 Å². The topological polar surface area (TPSA) is 21.3 Å². The van der Waals surface area contributed by atoms with Crippen molar-refractivity contribution in [2.75, 3.05) is 13.2 Å². The Kier molecular flexibility index (Phi) is 6.81. The lowest BCUT2D eigenvalue weighted by Gasteiger charge is -2.25. The molecule has 0 saturated carbocycles. The van der Waals surface area contributed by atoms with Crippen LogP contribution in [-0.2, 0) is 0 Å². The van der Waals surface area contributed by atoms with Crippen LogP contribution < -0.4 is 10.1 Å². The number of rotatable bonds is 8. The van der Waals surface area contributed by atoms with E-state index in [-0.39, 0.29) is 0 Å². The van der Waals surface area contributed by atoms with Gasteiger partial charge < -0.3 is 10.1 Å². The van der Waals surface area contributed by atoms with E-state index < -0.39 is 0 Å². The Morgan fingerprint density at radius 1 is 1.11 bits per heavy atom. The third kappa shape index (κ3) is 4.34. The summed E-state index contributed by atoms with van der Waals surface area (Å²) in [5.41, 5.74) is 1.36. The summed E-state index contributed by atoms with van der Waals surface area (Å²) in [7, 11) is 0. The zero-order valence-electron chi connectivity index (χ0n) is 12.2. The summed E-state index contributed by atoms with van der Waals surface area (Å²) >= 11 is 0. The summed E-state index contributed by atoms with van der Waals surface area (Å²) < 4.78 is 5.49. The molecule has 0 aromatic heterocycles. The first-order chi connectivity index (χ1) is 8.72. The third-order valence-electron chi connectivity index (χ3n) is 3.29. The van der Waals surface area contributed by atoms with Gasteiger partial charge in [-0.1, -0.05) is 39.3 Å². The molecule has 0 spiro atoms. The van der Waals surface area contributed by atoms with E-state index >= 15 is 0 Å². The summed E-state index contributed by atoms with van der Waals surface area (Å²) in [6, 6.07) is 8.96. The van der Waals surface area contributed by atoms with E-state index in [4.69, 9.17) is 4.74 Å². The standard InChI is InChI=1S/C16H27NO/c1-5-8-13(4)16(17-6-2)14-9-11-15(12-10-14)18-7-3/h9-13,16-17H,5-8H2,1-4H3. The second-order valence-electron chi connectivity index (χ2n) is 4.80. The van der Waals surface area contributed by atoms with Gasteiger partial charge in [-0.05, 0) is 43.5 Å². The summed E-state index contributed by atoms with van der Waals surface area (Å²) in [4.78, 5) is 0. The molecule has 0 heterocycles. The monoisotopic (exact) mass is 249 g/mol. The summed E-state index contributed by atoms with van der Waals surface area (Å²) in [5.74, 6) is 1.62. The Morgan fingerprint density at radius 2 is 1.78 bits per heavy atom. The van der Waals surface area contributed by atoms with Gasteiger partial charge in [0.15, 0.2) is 0 Å². The van der Waals surface area contributed by atoms with Gasteiger partial charge in [0.2, 0.25) is 0 Å². The zero-order chi connectivity index (χ0) is 13.4. The second kappa shape index (κ2) is 8.15. The average molecular weight is 249 g/mol. The maximum Gasteiger partial charge on any atom is 0.119 e. The molecule has 18 heavy (non-hydrogen) atoms. The van der Waals surface area contributed by atoms with Crippen LogP contribution in [0.4, 0.5) is 0 Å². The number of hydrogen-bond acceptors (Lipinski definition) is 2. The van der Waals surface area contributed by atoms with E-state index in [2.05, 4.69) is 50.4 Å². The van der Waals surface area contributed by atoms with Crippen LogP contribution in [0.5, 0.6) is 5.75 Å². The smallest absolute Gasteiger partial charge is 0.119 e. The maximum absolute atomic E-state index is 5.49. The Balaban J connectivity index is 2.78. The Labute approximate surface area is 112 Å². The van der Waals surface area contributed by atoms with Gasteiger partial charge in [0.25, 0.3) is 0 Å². The summed E-state index contributed by atoms with van der Waals surface area (Å²) in [6.07, 6.45) is 2.49. The van der Waals surface area contributed by atoms with Crippen LogP contribution in [0, 0.1) is 5.92 Å². The van der Waals surface area contributed by atoms with Crippen molar-refractivity contribution in [2.45, 2.75) is 46.6 Å². The molecular weight excluding hydrogens is 222 g/mol. The molecule has 1 N–H and O–H groups in total. The Hall–Kier alpha value is -1.02. The molecule has 0 radical (unpaired) electrons. The fourth-order valence-electron chi connectivity index (χ4n) is 2.43. The van der Waals surface area contributed by atoms with Crippen molar-refractivity contribution in [3.63, 3.8) is 0 Å². The average Bonchev–Trinajstić information content (AvgIpc) is 2.38. The minimum Gasteiger partial charge on any atom is -0.494 e. The predicted octanol–water partition coefficient (Wildman–Crippen LogP) is 4.17. The molecule has 2 unspecified atom stereocenters. The minimum absolute atomic E-state index is 0.450. The molecule has 0 bridgehead atoms. The lowest BCUT2D eigenvalue weighted by atomic mass is 9.91. The van der Waals surface area contributed by atoms with Crippen LogP contribution in [0.25, 0.3) is 0 Å². The second-order valence-corrected chi connectivity index (χ2v) is 4.80. The van der Waals surface area contributed by atoms with Gasteiger partial charge in [0.05, 0.1) is 6.61 Å². The molecule has 0 saturated heterocycles. The van der Waals surface area contributed by atoms with Crippen molar-refractivity contribution in [3.05, 3.63) is 29.8 Å².